The van der Waals surface area contributed by atoms with Crippen molar-refractivity contribution in [1.82, 2.24) is 19.5 Å². The largest absolute Gasteiger partial charge is 0.458 e. The number of benzene rings is 7. The fraction of sp³-hybridized carbons (Fsp3) is 0.262. The van der Waals surface area contributed by atoms with Crippen molar-refractivity contribution in [3.05, 3.63) is 162 Å². The van der Waals surface area contributed by atoms with E-state index in [2.05, 4.69) is 227 Å². The number of nitrogens with zero attached hydrogens (tertiary/aromatic N) is 4. The molecule has 2 aliphatic heterocycles. The predicted octanol–water partition coefficient (Wildman–Crippen LogP) is 13.9. The van der Waals surface area contributed by atoms with Crippen LogP contribution in [0.15, 0.2) is 140 Å². The molecule has 7 aromatic carbocycles. The van der Waals surface area contributed by atoms with E-state index in [1.165, 1.54) is 22.3 Å². The van der Waals surface area contributed by atoms with E-state index in [4.69, 9.17) is 24.4 Å². The molecule has 0 radical (unpaired) electrons. The van der Waals surface area contributed by atoms with E-state index in [0.29, 0.717) is 17.5 Å². The van der Waals surface area contributed by atoms with E-state index in [9.17, 15) is 0 Å². The lowest BCUT2D eigenvalue weighted by Gasteiger charge is -2.35. The van der Waals surface area contributed by atoms with Crippen LogP contribution in [-0.4, -0.2) is 26.2 Å². The average molecular weight is 891 g/mol. The molecule has 9 aromatic rings. The lowest BCUT2D eigenvalue weighted by molar-refractivity contribution is 0.463. The van der Waals surface area contributed by atoms with Gasteiger partial charge in [-0.1, -0.05) is 186 Å². The van der Waals surface area contributed by atoms with E-state index in [1.54, 1.807) is 0 Å². The molecule has 0 saturated heterocycles. The van der Waals surface area contributed by atoms with Crippen molar-refractivity contribution in [2.24, 2.45) is 0 Å². The first kappa shape index (κ1) is 43.6. The minimum atomic E-state index is -0.0724. The average Bonchev–Trinajstić information content (AvgIpc) is 3.64. The Bertz CT molecular complexity index is 3320. The smallest absolute Gasteiger partial charge is 0.260 e. The molecule has 0 atom stereocenters. The van der Waals surface area contributed by atoms with Gasteiger partial charge >= 0.3 is 0 Å². The molecule has 0 aliphatic carbocycles. The van der Waals surface area contributed by atoms with Gasteiger partial charge in [-0.25, -0.2) is 15.0 Å². The van der Waals surface area contributed by atoms with E-state index >= 15 is 0 Å². The van der Waals surface area contributed by atoms with Crippen LogP contribution in [0.25, 0.3) is 61.7 Å². The van der Waals surface area contributed by atoms with Crippen molar-refractivity contribution in [3.63, 3.8) is 0 Å². The van der Waals surface area contributed by atoms with Crippen molar-refractivity contribution in [2.45, 2.75) is 105 Å². The Morgan fingerprint density at radius 1 is 0.412 bits per heavy atom. The van der Waals surface area contributed by atoms with Crippen LogP contribution in [0, 0.1) is 0 Å². The van der Waals surface area contributed by atoms with Crippen LogP contribution in [-0.2, 0) is 21.7 Å². The third-order valence-electron chi connectivity index (χ3n) is 14.0. The van der Waals surface area contributed by atoms with Gasteiger partial charge in [0.05, 0.1) is 16.7 Å². The molecule has 2 aliphatic rings. The Labute approximate surface area is 401 Å². The third-order valence-corrected chi connectivity index (χ3v) is 14.0. The molecule has 0 unspecified atom stereocenters. The van der Waals surface area contributed by atoms with Crippen LogP contribution in [0.3, 0.4) is 0 Å². The van der Waals surface area contributed by atoms with E-state index in [0.717, 1.165) is 83.6 Å². The van der Waals surface area contributed by atoms with Crippen molar-refractivity contribution in [3.8, 4) is 62.8 Å². The third kappa shape index (κ3) is 7.38. The Morgan fingerprint density at radius 2 is 0.853 bits per heavy atom. The summed E-state index contributed by atoms with van der Waals surface area (Å²) in [6, 6.07) is 50.3. The Hall–Kier alpha value is -6.99. The molecule has 0 spiro atoms. The summed E-state index contributed by atoms with van der Waals surface area (Å²) in [5, 5.41) is 2.22. The lowest BCUT2D eigenvalue weighted by Crippen LogP contribution is -2.57. The number of aromatic nitrogens is 4. The molecule has 68 heavy (non-hydrogen) atoms. The first-order valence-corrected chi connectivity index (χ1v) is 24.0. The van der Waals surface area contributed by atoms with E-state index in [1.807, 2.05) is 0 Å². The number of fused-ring (bicyclic) bond motifs is 7. The molecular weight excluding hydrogens is 832 g/mol. The second-order valence-corrected chi connectivity index (χ2v) is 23.0. The SMILES string of the molecule is CC(C)(C)c1ccc(-c2nc(-c3ccc(C(C)(C)C)cc3)nc(-c3cccc4c5ccccc5n(-c5cc6c7c(c5)Oc5ccc(C(C)(C)C)cc5B7c5cc(C(C)(C)C)ccc5O6)c34)n2)cc1. The summed E-state index contributed by atoms with van der Waals surface area (Å²) in [5.41, 5.74) is 14.1. The van der Waals surface area contributed by atoms with Gasteiger partial charge in [-0.05, 0) is 79.1 Å². The maximum Gasteiger partial charge on any atom is 0.260 e. The highest BCUT2D eigenvalue weighted by Gasteiger charge is 2.42. The zero-order valence-electron chi connectivity index (χ0n) is 41.5. The summed E-state index contributed by atoms with van der Waals surface area (Å²) >= 11 is 0. The second kappa shape index (κ2) is 15.3. The standard InChI is InChI=1S/C61H59BN4O2/c1-58(2,3)38-24-20-36(21-25-38)55-63-56(37-22-26-39(27-23-37)59(4,5)6)65-57(64-55)45-18-15-17-44-43-16-13-14-19-48(43)66(54(44)45)42-34-51-53-52(35-42)68-50-31-29-41(61(10,11)12)33-47(50)62(53)46-32-40(60(7,8)9)28-30-49(46)67-51/h13-35H,1-12H3. The van der Waals surface area contributed by atoms with Crippen LogP contribution in [0.2, 0.25) is 0 Å². The number of ether oxygens (including phenoxy) is 2. The van der Waals surface area contributed by atoms with Crippen LogP contribution < -0.4 is 25.9 Å². The molecule has 6 nitrogen and oxygen atoms in total. The van der Waals surface area contributed by atoms with Gasteiger partial charge in [0.25, 0.3) is 6.71 Å². The van der Waals surface area contributed by atoms with Crippen molar-refractivity contribution in [1.29, 1.82) is 0 Å². The normalized spacial score (nSPS) is 13.5. The zero-order chi connectivity index (χ0) is 47.7. The zero-order valence-corrected chi connectivity index (χ0v) is 41.5. The molecular formula is C61H59BN4O2. The summed E-state index contributed by atoms with van der Waals surface area (Å²) in [5.74, 6) is 5.15. The first-order chi connectivity index (χ1) is 32.2. The summed E-state index contributed by atoms with van der Waals surface area (Å²) in [6.07, 6.45) is 0. The molecule has 11 rings (SSSR count). The highest BCUT2D eigenvalue weighted by molar-refractivity contribution is 6.98. The monoisotopic (exact) mass is 890 g/mol. The fourth-order valence-electron chi connectivity index (χ4n) is 10.0. The van der Waals surface area contributed by atoms with Crippen LogP contribution >= 0.6 is 0 Å². The van der Waals surface area contributed by atoms with Crippen molar-refractivity contribution in [2.75, 3.05) is 0 Å². The van der Waals surface area contributed by atoms with Crippen LogP contribution in [0.5, 0.6) is 23.0 Å². The van der Waals surface area contributed by atoms with Gasteiger partial charge in [-0.15, -0.1) is 0 Å². The summed E-state index contributed by atoms with van der Waals surface area (Å²) in [7, 11) is 0. The summed E-state index contributed by atoms with van der Waals surface area (Å²) in [4.78, 5) is 15.9. The van der Waals surface area contributed by atoms with Gasteiger partial charge in [0.2, 0.25) is 0 Å². The fourth-order valence-corrected chi connectivity index (χ4v) is 10.0. The first-order valence-electron chi connectivity index (χ1n) is 24.0. The Balaban J connectivity index is 1.14. The van der Waals surface area contributed by atoms with Crippen LogP contribution in [0.4, 0.5) is 0 Å². The quantitative estimate of drug-likeness (QED) is 0.165. The number of hydrogen-bond donors (Lipinski definition) is 0. The molecule has 2 aromatic heterocycles. The van der Waals surface area contributed by atoms with E-state index in [-0.39, 0.29) is 28.4 Å². The molecule has 0 saturated carbocycles. The summed E-state index contributed by atoms with van der Waals surface area (Å²) in [6.45, 7) is 27.0. The predicted molar refractivity (Wildman–Crippen MR) is 283 cm³/mol. The Kier molecular flexibility index (Phi) is 9.78. The molecule has 338 valence electrons. The van der Waals surface area contributed by atoms with Crippen molar-refractivity contribution >= 4 is 44.9 Å². The van der Waals surface area contributed by atoms with Crippen molar-refractivity contribution < 1.29 is 9.47 Å². The Morgan fingerprint density at radius 3 is 1.34 bits per heavy atom. The molecule has 0 amide bonds. The maximum atomic E-state index is 7.04. The minimum absolute atomic E-state index is 0.0102. The van der Waals surface area contributed by atoms with Gasteiger partial charge in [-0.3, -0.25) is 0 Å². The second-order valence-electron chi connectivity index (χ2n) is 23.0. The topological polar surface area (TPSA) is 62.1 Å². The van der Waals surface area contributed by atoms with Gasteiger partial charge in [0.1, 0.15) is 23.0 Å². The maximum absolute atomic E-state index is 7.04. The van der Waals surface area contributed by atoms with Gasteiger partial charge in [0.15, 0.2) is 17.5 Å². The van der Waals surface area contributed by atoms with Gasteiger partial charge in [-0.2, -0.15) is 0 Å². The molecule has 7 heteroatoms. The highest BCUT2D eigenvalue weighted by Crippen LogP contribution is 2.43. The highest BCUT2D eigenvalue weighted by atomic mass is 16.5. The number of rotatable bonds is 4. The molecule has 4 heterocycles. The number of para-hydroxylation sites is 2. The minimum Gasteiger partial charge on any atom is -0.458 e. The number of hydrogen-bond acceptors (Lipinski definition) is 5. The molecule has 0 bridgehead atoms. The van der Waals surface area contributed by atoms with Crippen LogP contribution in [0.1, 0.15) is 105 Å². The molecule has 0 N–H and O–H groups in total. The van der Waals surface area contributed by atoms with Gasteiger partial charge in [0, 0.05) is 45.1 Å². The lowest BCUT2D eigenvalue weighted by atomic mass is 9.34. The van der Waals surface area contributed by atoms with Gasteiger partial charge < -0.3 is 14.0 Å². The van der Waals surface area contributed by atoms with E-state index < -0.39 is 0 Å². The molecule has 0 fully saturated rings. The summed E-state index contributed by atoms with van der Waals surface area (Å²) < 4.78 is 16.4.